The summed E-state index contributed by atoms with van der Waals surface area (Å²) in [5.41, 5.74) is 1.42. The van der Waals surface area contributed by atoms with Gasteiger partial charge in [0.25, 0.3) is 5.91 Å². The number of rotatable bonds is 2. The predicted molar refractivity (Wildman–Crippen MR) is 69.7 cm³/mol. The normalized spacial score (nSPS) is 23.1. The van der Waals surface area contributed by atoms with Gasteiger partial charge in [0, 0.05) is 24.0 Å². The molecule has 0 spiro atoms. The second kappa shape index (κ2) is 4.42. The van der Waals surface area contributed by atoms with Crippen LogP contribution in [0, 0.1) is 0 Å². The van der Waals surface area contributed by atoms with E-state index in [9.17, 15) is 4.79 Å². The third kappa shape index (κ3) is 2.00. The molecule has 1 fully saturated rings. The SMILES string of the molecule is CNC1CCN(C(=O)c2cc3c(s2)CCC3)C1. The van der Waals surface area contributed by atoms with Crippen molar-refractivity contribution in [3.05, 3.63) is 21.4 Å². The summed E-state index contributed by atoms with van der Waals surface area (Å²) in [4.78, 5) is 16.7. The van der Waals surface area contributed by atoms with Crippen LogP contribution in [0.3, 0.4) is 0 Å². The van der Waals surface area contributed by atoms with Gasteiger partial charge in [-0.1, -0.05) is 0 Å². The van der Waals surface area contributed by atoms with Gasteiger partial charge in [-0.05, 0) is 44.4 Å². The number of hydrogen-bond donors (Lipinski definition) is 1. The zero-order chi connectivity index (χ0) is 11.8. The molecule has 1 aliphatic heterocycles. The lowest BCUT2D eigenvalue weighted by Crippen LogP contribution is -2.33. The van der Waals surface area contributed by atoms with E-state index in [0.717, 1.165) is 30.8 Å². The van der Waals surface area contributed by atoms with Crippen LogP contribution in [0.15, 0.2) is 6.07 Å². The van der Waals surface area contributed by atoms with Crippen LogP contribution in [-0.2, 0) is 12.8 Å². The van der Waals surface area contributed by atoms with Crippen molar-refractivity contribution < 1.29 is 4.79 Å². The first-order chi connectivity index (χ1) is 8.28. The Labute approximate surface area is 106 Å². The molecule has 92 valence electrons. The molecule has 1 aliphatic carbocycles. The van der Waals surface area contributed by atoms with E-state index >= 15 is 0 Å². The molecule has 4 heteroatoms. The third-order valence-corrected chi connectivity index (χ3v) is 5.07. The molecule has 1 amide bonds. The van der Waals surface area contributed by atoms with Crippen LogP contribution in [0.2, 0.25) is 0 Å². The van der Waals surface area contributed by atoms with Crippen molar-refractivity contribution in [2.45, 2.75) is 31.7 Å². The number of aryl methyl sites for hydroxylation is 2. The van der Waals surface area contributed by atoms with Gasteiger partial charge in [-0.2, -0.15) is 0 Å². The zero-order valence-corrected chi connectivity index (χ0v) is 11.0. The van der Waals surface area contributed by atoms with E-state index in [1.165, 1.54) is 23.3 Å². The number of amides is 1. The lowest BCUT2D eigenvalue weighted by atomic mass is 10.2. The van der Waals surface area contributed by atoms with E-state index in [1.54, 1.807) is 11.3 Å². The van der Waals surface area contributed by atoms with Crippen molar-refractivity contribution in [3.63, 3.8) is 0 Å². The second-order valence-electron chi connectivity index (χ2n) is 4.94. The Hall–Kier alpha value is -0.870. The van der Waals surface area contributed by atoms with Gasteiger partial charge in [0.15, 0.2) is 0 Å². The first-order valence-corrected chi connectivity index (χ1v) is 7.17. The van der Waals surface area contributed by atoms with Crippen LogP contribution >= 0.6 is 11.3 Å². The van der Waals surface area contributed by atoms with Gasteiger partial charge in [-0.25, -0.2) is 0 Å². The van der Waals surface area contributed by atoms with Crippen LogP contribution in [0.4, 0.5) is 0 Å². The summed E-state index contributed by atoms with van der Waals surface area (Å²) in [6.07, 6.45) is 4.68. The Kier molecular flexibility index (Phi) is 2.92. The number of nitrogens with zero attached hydrogens (tertiary/aromatic N) is 1. The van der Waals surface area contributed by atoms with Gasteiger partial charge in [0.2, 0.25) is 0 Å². The highest BCUT2D eigenvalue weighted by atomic mass is 32.1. The number of likely N-dealkylation sites (tertiary alicyclic amines) is 1. The third-order valence-electron chi connectivity index (χ3n) is 3.84. The molecular weight excluding hydrogens is 232 g/mol. The average Bonchev–Trinajstić information content (AvgIpc) is 3.02. The molecular formula is C13H18N2OS. The number of fused-ring (bicyclic) bond motifs is 1. The molecule has 0 aromatic carbocycles. The molecule has 2 aliphatic rings. The Morgan fingerprint density at radius 3 is 3.12 bits per heavy atom. The highest BCUT2D eigenvalue weighted by molar-refractivity contribution is 7.14. The fraction of sp³-hybridized carbons (Fsp3) is 0.615. The summed E-state index contributed by atoms with van der Waals surface area (Å²) < 4.78 is 0. The summed E-state index contributed by atoms with van der Waals surface area (Å²) in [6, 6.07) is 2.60. The minimum absolute atomic E-state index is 0.238. The summed E-state index contributed by atoms with van der Waals surface area (Å²) in [5.74, 6) is 0.238. The monoisotopic (exact) mass is 250 g/mol. The number of carbonyl (C=O) groups is 1. The molecule has 1 aromatic heterocycles. The first-order valence-electron chi connectivity index (χ1n) is 6.36. The molecule has 1 atom stereocenters. The van der Waals surface area contributed by atoms with Gasteiger partial charge in [0.05, 0.1) is 4.88 Å². The van der Waals surface area contributed by atoms with Gasteiger partial charge in [0.1, 0.15) is 0 Å². The molecule has 2 heterocycles. The Morgan fingerprint density at radius 1 is 1.53 bits per heavy atom. The van der Waals surface area contributed by atoms with Gasteiger partial charge >= 0.3 is 0 Å². The first kappa shape index (κ1) is 11.2. The summed E-state index contributed by atoms with van der Waals surface area (Å²) in [6.45, 7) is 1.75. The standard InChI is InChI=1S/C13H18N2OS/c1-14-10-5-6-15(8-10)13(16)12-7-9-3-2-4-11(9)17-12/h7,10,14H,2-6,8H2,1H3. The van der Waals surface area contributed by atoms with Gasteiger partial charge in [-0.3, -0.25) is 4.79 Å². The van der Waals surface area contributed by atoms with Crippen molar-refractivity contribution in [2.75, 3.05) is 20.1 Å². The summed E-state index contributed by atoms with van der Waals surface area (Å²) in [7, 11) is 1.97. The van der Waals surface area contributed by atoms with E-state index < -0.39 is 0 Å². The maximum absolute atomic E-state index is 12.3. The quantitative estimate of drug-likeness (QED) is 0.866. The molecule has 3 nitrogen and oxygen atoms in total. The zero-order valence-electron chi connectivity index (χ0n) is 10.2. The van der Waals surface area contributed by atoms with E-state index in [-0.39, 0.29) is 5.91 Å². The van der Waals surface area contributed by atoms with Crippen molar-refractivity contribution >= 4 is 17.2 Å². The van der Waals surface area contributed by atoms with Crippen molar-refractivity contribution in [1.82, 2.24) is 10.2 Å². The number of nitrogens with one attached hydrogen (secondary N) is 1. The smallest absolute Gasteiger partial charge is 0.263 e. The van der Waals surface area contributed by atoms with E-state index in [1.807, 2.05) is 11.9 Å². The minimum atomic E-state index is 0.238. The second-order valence-corrected chi connectivity index (χ2v) is 6.07. The molecule has 1 N–H and O–H groups in total. The molecule has 0 bridgehead atoms. The van der Waals surface area contributed by atoms with Gasteiger partial charge in [-0.15, -0.1) is 11.3 Å². The average molecular weight is 250 g/mol. The lowest BCUT2D eigenvalue weighted by Gasteiger charge is -2.15. The number of hydrogen-bond acceptors (Lipinski definition) is 3. The van der Waals surface area contributed by atoms with E-state index in [0.29, 0.717) is 6.04 Å². The van der Waals surface area contributed by atoms with E-state index in [4.69, 9.17) is 0 Å². The molecule has 1 saturated heterocycles. The fourth-order valence-electron chi connectivity index (χ4n) is 2.77. The molecule has 1 aromatic rings. The predicted octanol–water partition coefficient (Wildman–Crippen LogP) is 1.67. The van der Waals surface area contributed by atoms with Crippen LogP contribution < -0.4 is 5.32 Å². The summed E-state index contributed by atoms with van der Waals surface area (Å²) in [5, 5.41) is 3.25. The number of likely N-dealkylation sites (N-methyl/N-ethyl adjacent to an activating group) is 1. The number of thiophene rings is 1. The molecule has 0 radical (unpaired) electrons. The summed E-state index contributed by atoms with van der Waals surface area (Å²) >= 11 is 1.71. The minimum Gasteiger partial charge on any atom is -0.336 e. The van der Waals surface area contributed by atoms with Crippen molar-refractivity contribution in [2.24, 2.45) is 0 Å². The van der Waals surface area contributed by atoms with E-state index in [2.05, 4.69) is 11.4 Å². The Bertz CT molecular complexity index is 419. The molecule has 3 rings (SSSR count). The lowest BCUT2D eigenvalue weighted by molar-refractivity contribution is 0.0794. The maximum Gasteiger partial charge on any atom is 0.263 e. The highest BCUT2D eigenvalue weighted by Gasteiger charge is 2.28. The Morgan fingerprint density at radius 2 is 2.41 bits per heavy atom. The largest absolute Gasteiger partial charge is 0.336 e. The van der Waals surface area contributed by atoms with Crippen LogP contribution in [-0.4, -0.2) is 37.0 Å². The number of carbonyl (C=O) groups excluding carboxylic acids is 1. The van der Waals surface area contributed by atoms with Gasteiger partial charge < -0.3 is 10.2 Å². The maximum atomic E-state index is 12.3. The van der Waals surface area contributed by atoms with Crippen molar-refractivity contribution in [3.8, 4) is 0 Å². The Balaban J connectivity index is 1.73. The van der Waals surface area contributed by atoms with Crippen LogP contribution in [0.25, 0.3) is 0 Å². The van der Waals surface area contributed by atoms with Crippen LogP contribution in [0.1, 0.15) is 33.0 Å². The molecule has 1 unspecified atom stereocenters. The topological polar surface area (TPSA) is 32.3 Å². The fourth-order valence-corrected chi connectivity index (χ4v) is 3.99. The molecule has 17 heavy (non-hydrogen) atoms. The van der Waals surface area contributed by atoms with Crippen LogP contribution in [0.5, 0.6) is 0 Å². The highest BCUT2D eigenvalue weighted by Crippen LogP contribution is 2.31. The molecule has 0 saturated carbocycles. The van der Waals surface area contributed by atoms with Crippen molar-refractivity contribution in [1.29, 1.82) is 0 Å².